The molecule has 1 heterocycles. The number of carboxylic acids is 1. The number of aromatic nitrogens is 1. The molecule has 0 saturated carbocycles. The van der Waals surface area contributed by atoms with Crippen LogP contribution in [0.3, 0.4) is 0 Å². The van der Waals surface area contributed by atoms with Crippen LogP contribution in [0.25, 0.3) is 10.6 Å². The van der Waals surface area contributed by atoms with E-state index in [1.165, 1.54) is 0 Å². The standard InChI is InChI=1S/C17H11Cl2NO3S/c18-12-7-5-10(6-8-12)16-20-15(14(24-16)17(21)22)23-9-11-3-1-2-4-13(11)19/h1-8H,9H2,(H,21,22). The quantitative estimate of drug-likeness (QED) is 0.644. The molecule has 0 amide bonds. The van der Waals surface area contributed by atoms with Crippen LogP contribution in [-0.4, -0.2) is 16.1 Å². The molecule has 0 bridgehead atoms. The summed E-state index contributed by atoms with van der Waals surface area (Å²) in [7, 11) is 0. The van der Waals surface area contributed by atoms with Crippen molar-refractivity contribution < 1.29 is 14.6 Å². The van der Waals surface area contributed by atoms with Crippen LogP contribution in [0.5, 0.6) is 5.88 Å². The number of benzene rings is 2. The minimum Gasteiger partial charge on any atom is -0.477 e. The number of rotatable bonds is 5. The van der Waals surface area contributed by atoms with Crippen LogP contribution >= 0.6 is 34.5 Å². The Morgan fingerprint density at radius 1 is 1.12 bits per heavy atom. The van der Waals surface area contributed by atoms with E-state index in [0.717, 1.165) is 22.5 Å². The molecule has 0 radical (unpaired) electrons. The van der Waals surface area contributed by atoms with Crippen molar-refractivity contribution in [3.8, 4) is 16.5 Å². The summed E-state index contributed by atoms with van der Waals surface area (Å²) in [5.41, 5.74) is 1.54. The van der Waals surface area contributed by atoms with Crippen molar-refractivity contribution >= 4 is 40.5 Å². The second kappa shape index (κ2) is 7.21. The summed E-state index contributed by atoms with van der Waals surface area (Å²) in [5.74, 6) is -1.00. The van der Waals surface area contributed by atoms with Gasteiger partial charge in [-0.2, -0.15) is 0 Å². The Hall–Kier alpha value is -2.08. The molecule has 1 aromatic heterocycles. The number of halogens is 2. The predicted molar refractivity (Wildman–Crippen MR) is 95.3 cm³/mol. The van der Waals surface area contributed by atoms with Gasteiger partial charge in [0.15, 0.2) is 4.88 Å². The van der Waals surface area contributed by atoms with Crippen molar-refractivity contribution in [3.63, 3.8) is 0 Å². The highest BCUT2D eigenvalue weighted by atomic mass is 35.5. The van der Waals surface area contributed by atoms with Gasteiger partial charge in [-0.05, 0) is 18.2 Å². The Morgan fingerprint density at radius 3 is 2.50 bits per heavy atom. The van der Waals surface area contributed by atoms with Crippen LogP contribution < -0.4 is 4.74 Å². The molecule has 0 aliphatic rings. The Balaban J connectivity index is 1.88. The van der Waals surface area contributed by atoms with Crippen molar-refractivity contribution in [3.05, 3.63) is 69.0 Å². The normalized spacial score (nSPS) is 10.6. The summed E-state index contributed by atoms with van der Waals surface area (Å²) in [6.45, 7) is 0.143. The molecule has 0 saturated heterocycles. The van der Waals surface area contributed by atoms with Crippen LogP contribution in [0.4, 0.5) is 0 Å². The van der Waals surface area contributed by atoms with E-state index >= 15 is 0 Å². The average molecular weight is 380 g/mol. The van der Waals surface area contributed by atoms with E-state index in [0.29, 0.717) is 15.1 Å². The zero-order chi connectivity index (χ0) is 17.1. The van der Waals surface area contributed by atoms with Crippen LogP contribution in [0.2, 0.25) is 10.0 Å². The topological polar surface area (TPSA) is 59.4 Å². The van der Waals surface area contributed by atoms with E-state index in [9.17, 15) is 9.90 Å². The molecule has 0 aliphatic carbocycles. The van der Waals surface area contributed by atoms with Gasteiger partial charge in [0.25, 0.3) is 0 Å². The van der Waals surface area contributed by atoms with Crippen LogP contribution in [0.15, 0.2) is 48.5 Å². The molecule has 122 valence electrons. The molecule has 0 spiro atoms. The molecule has 24 heavy (non-hydrogen) atoms. The first-order valence-electron chi connectivity index (χ1n) is 6.91. The first-order chi connectivity index (χ1) is 11.5. The van der Waals surface area contributed by atoms with E-state index in [2.05, 4.69) is 4.98 Å². The summed E-state index contributed by atoms with van der Waals surface area (Å²) < 4.78 is 5.60. The lowest BCUT2D eigenvalue weighted by molar-refractivity contribution is 0.0697. The zero-order valence-corrected chi connectivity index (χ0v) is 14.5. The zero-order valence-electron chi connectivity index (χ0n) is 12.2. The average Bonchev–Trinajstić information content (AvgIpc) is 2.99. The van der Waals surface area contributed by atoms with E-state index in [-0.39, 0.29) is 17.4 Å². The van der Waals surface area contributed by atoms with Crippen molar-refractivity contribution in [1.29, 1.82) is 0 Å². The van der Waals surface area contributed by atoms with Crippen LogP contribution in [0, 0.1) is 0 Å². The molecule has 1 N–H and O–H groups in total. The first kappa shape index (κ1) is 16.8. The number of nitrogens with zero attached hydrogens (tertiary/aromatic N) is 1. The van der Waals surface area contributed by atoms with E-state index < -0.39 is 5.97 Å². The largest absolute Gasteiger partial charge is 0.477 e. The monoisotopic (exact) mass is 379 g/mol. The first-order valence-corrected chi connectivity index (χ1v) is 8.48. The predicted octanol–water partition coefficient (Wildman–Crippen LogP) is 5.39. The summed E-state index contributed by atoms with van der Waals surface area (Å²) in [6.07, 6.45) is 0. The van der Waals surface area contributed by atoms with Gasteiger partial charge in [-0.1, -0.05) is 53.5 Å². The molecule has 4 nitrogen and oxygen atoms in total. The molecule has 0 aliphatic heterocycles. The van der Waals surface area contributed by atoms with Crippen molar-refractivity contribution in [2.75, 3.05) is 0 Å². The molecule has 0 unspecified atom stereocenters. The molecule has 3 rings (SSSR count). The number of ether oxygens (including phenoxy) is 1. The van der Waals surface area contributed by atoms with Gasteiger partial charge in [0.1, 0.15) is 11.6 Å². The minimum atomic E-state index is -1.08. The molecule has 0 atom stereocenters. The van der Waals surface area contributed by atoms with E-state index in [1.807, 2.05) is 18.2 Å². The molecular weight excluding hydrogens is 369 g/mol. The highest BCUT2D eigenvalue weighted by Crippen LogP contribution is 2.33. The summed E-state index contributed by atoms with van der Waals surface area (Å²) in [6, 6.07) is 14.2. The van der Waals surface area contributed by atoms with Crippen molar-refractivity contribution in [2.45, 2.75) is 6.61 Å². The number of carbonyl (C=O) groups is 1. The summed E-state index contributed by atoms with van der Waals surface area (Å²) >= 11 is 13.0. The van der Waals surface area contributed by atoms with Crippen LogP contribution in [-0.2, 0) is 6.61 Å². The lowest BCUT2D eigenvalue weighted by Gasteiger charge is -2.05. The van der Waals surface area contributed by atoms with Gasteiger partial charge < -0.3 is 9.84 Å². The second-order valence-corrected chi connectivity index (χ2v) is 6.69. The Bertz CT molecular complexity index is 878. The summed E-state index contributed by atoms with van der Waals surface area (Å²) in [5, 5.41) is 11.1. The fourth-order valence-corrected chi connectivity index (χ4v) is 3.19. The van der Waals surface area contributed by atoms with Gasteiger partial charge in [0.2, 0.25) is 5.88 Å². The van der Waals surface area contributed by atoms with Gasteiger partial charge in [-0.15, -0.1) is 11.3 Å². The number of hydrogen-bond donors (Lipinski definition) is 1. The Labute approximate surface area is 152 Å². The number of carboxylic acid groups (broad SMARTS) is 1. The van der Waals surface area contributed by atoms with Gasteiger partial charge in [0.05, 0.1) is 0 Å². The third kappa shape index (κ3) is 3.70. The molecule has 7 heteroatoms. The smallest absolute Gasteiger partial charge is 0.351 e. The molecular formula is C17H11Cl2NO3S. The molecule has 2 aromatic carbocycles. The van der Waals surface area contributed by atoms with Gasteiger partial charge in [-0.3, -0.25) is 0 Å². The fraction of sp³-hybridized carbons (Fsp3) is 0.0588. The highest BCUT2D eigenvalue weighted by molar-refractivity contribution is 7.17. The minimum absolute atomic E-state index is 0.0482. The number of hydrogen-bond acceptors (Lipinski definition) is 4. The Kier molecular flexibility index (Phi) is 5.04. The summed E-state index contributed by atoms with van der Waals surface area (Å²) in [4.78, 5) is 15.8. The maximum atomic E-state index is 11.4. The van der Waals surface area contributed by atoms with E-state index in [1.54, 1.807) is 30.3 Å². The SMILES string of the molecule is O=C(O)c1sc(-c2ccc(Cl)cc2)nc1OCc1ccccc1Cl. The third-order valence-corrected chi connectivity index (χ3v) is 4.90. The van der Waals surface area contributed by atoms with Gasteiger partial charge in [-0.25, -0.2) is 9.78 Å². The lowest BCUT2D eigenvalue weighted by Crippen LogP contribution is -2.01. The van der Waals surface area contributed by atoms with Crippen molar-refractivity contribution in [1.82, 2.24) is 4.98 Å². The van der Waals surface area contributed by atoms with E-state index in [4.69, 9.17) is 27.9 Å². The number of thiazole rings is 1. The van der Waals surface area contributed by atoms with Gasteiger partial charge >= 0.3 is 5.97 Å². The fourth-order valence-electron chi connectivity index (χ4n) is 2.02. The third-order valence-electron chi connectivity index (χ3n) is 3.20. The maximum absolute atomic E-state index is 11.4. The molecule has 0 fully saturated rings. The van der Waals surface area contributed by atoms with Gasteiger partial charge in [0, 0.05) is 21.2 Å². The van der Waals surface area contributed by atoms with Crippen LogP contribution in [0.1, 0.15) is 15.2 Å². The maximum Gasteiger partial charge on any atom is 0.351 e. The van der Waals surface area contributed by atoms with Crippen molar-refractivity contribution in [2.24, 2.45) is 0 Å². The lowest BCUT2D eigenvalue weighted by atomic mass is 10.2. The second-order valence-electron chi connectivity index (χ2n) is 4.85. The number of aromatic carboxylic acids is 1. The Morgan fingerprint density at radius 2 is 1.83 bits per heavy atom. The highest BCUT2D eigenvalue weighted by Gasteiger charge is 2.20. The molecule has 3 aromatic rings.